The first-order valence-corrected chi connectivity index (χ1v) is 8.48. The largest absolute Gasteiger partial charge is 0.457 e. The zero-order valence-corrected chi connectivity index (χ0v) is 15.2. The lowest BCUT2D eigenvalue weighted by molar-refractivity contribution is -0.383. The Morgan fingerprint density at radius 1 is 1.07 bits per heavy atom. The van der Waals surface area contributed by atoms with E-state index in [9.17, 15) is 14.9 Å². The highest BCUT2D eigenvalue weighted by atomic mass is 35.5. The lowest BCUT2D eigenvalue weighted by Gasteiger charge is -2.02. The number of hydrogen-bond acceptors (Lipinski definition) is 4. The Morgan fingerprint density at radius 3 is 2.63 bits per heavy atom. The molecule has 0 aliphatic heterocycles. The molecule has 2 aromatic carbocycles. The first-order valence-electron chi connectivity index (χ1n) is 7.72. The molecule has 1 N–H and O–H groups in total. The molecule has 0 atom stereocenters. The molecule has 1 heterocycles. The number of rotatable bonds is 5. The van der Waals surface area contributed by atoms with Crippen LogP contribution in [0.3, 0.4) is 0 Å². The third-order valence-electron chi connectivity index (χ3n) is 3.60. The zero-order chi connectivity index (χ0) is 19.4. The highest BCUT2D eigenvalue weighted by Gasteiger charge is 2.14. The Kier molecular flexibility index (Phi) is 5.59. The lowest BCUT2D eigenvalue weighted by Crippen LogP contribution is -2.09. The number of nitro groups is 1. The number of benzene rings is 2. The maximum absolute atomic E-state index is 12.0. The van der Waals surface area contributed by atoms with E-state index in [0.717, 1.165) is 0 Å². The molecule has 3 rings (SSSR count). The topological polar surface area (TPSA) is 85.4 Å². The van der Waals surface area contributed by atoms with Gasteiger partial charge in [0, 0.05) is 17.7 Å². The minimum absolute atomic E-state index is 0.114. The number of anilines is 1. The van der Waals surface area contributed by atoms with Crippen molar-refractivity contribution in [2.24, 2.45) is 0 Å². The fourth-order valence-electron chi connectivity index (χ4n) is 2.35. The molecule has 136 valence electrons. The molecular weight excluding hydrogens is 391 g/mol. The van der Waals surface area contributed by atoms with Crippen LogP contribution in [0.1, 0.15) is 5.76 Å². The summed E-state index contributed by atoms with van der Waals surface area (Å²) < 4.78 is 5.65. The van der Waals surface area contributed by atoms with Crippen molar-refractivity contribution in [1.82, 2.24) is 0 Å². The minimum atomic E-state index is -0.563. The van der Waals surface area contributed by atoms with Gasteiger partial charge >= 0.3 is 0 Å². The number of nitro benzene ring substituents is 1. The fourth-order valence-corrected chi connectivity index (χ4v) is 2.75. The van der Waals surface area contributed by atoms with Crippen LogP contribution in [0.5, 0.6) is 0 Å². The van der Waals surface area contributed by atoms with Gasteiger partial charge < -0.3 is 9.73 Å². The van der Waals surface area contributed by atoms with E-state index in [-0.39, 0.29) is 11.4 Å². The molecule has 0 unspecified atom stereocenters. The third kappa shape index (κ3) is 4.36. The van der Waals surface area contributed by atoms with Crippen molar-refractivity contribution in [1.29, 1.82) is 0 Å². The minimum Gasteiger partial charge on any atom is -0.457 e. The molecule has 27 heavy (non-hydrogen) atoms. The summed E-state index contributed by atoms with van der Waals surface area (Å²) in [6.45, 7) is 0. The van der Waals surface area contributed by atoms with Crippen LogP contribution in [0, 0.1) is 10.1 Å². The predicted octanol–water partition coefficient (Wildman–Crippen LogP) is 5.81. The van der Waals surface area contributed by atoms with Crippen molar-refractivity contribution < 1.29 is 14.1 Å². The number of para-hydroxylation sites is 2. The van der Waals surface area contributed by atoms with E-state index in [2.05, 4.69) is 5.32 Å². The van der Waals surface area contributed by atoms with Crippen molar-refractivity contribution in [3.8, 4) is 11.3 Å². The summed E-state index contributed by atoms with van der Waals surface area (Å²) in [6.07, 6.45) is 2.67. The molecule has 8 heteroatoms. The number of furan rings is 1. The number of hydrogen-bond donors (Lipinski definition) is 1. The number of nitrogens with zero attached hydrogens (tertiary/aromatic N) is 1. The summed E-state index contributed by atoms with van der Waals surface area (Å²) in [4.78, 5) is 22.4. The van der Waals surface area contributed by atoms with Crippen molar-refractivity contribution in [2.45, 2.75) is 0 Å². The average Bonchev–Trinajstić information content (AvgIpc) is 3.11. The van der Waals surface area contributed by atoms with Gasteiger partial charge in [-0.25, -0.2) is 0 Å². The molecule has 3 aromatic rings. The standard InChI is InChI=1S/C19H12Cl2N2O4/c20-14-5-3-4-13(19(14)21)17-10-8-12(27-17)9-11-18(24)22-15-6-1-2-7-16(15)23(25)26/h1-11H,(H,22,24). The van der Waals surface area contributed by atoms with Gasteiger partial charge in [-0.2, -0.15) is 0 Å². The van der Waals surface area contributed by atoms with E-state index in [1.54, 1.807) is 36.4 Å². The second kappa shape index (κ2) is 8.07. The molecule has 0 bridgehead atoms. The van der Waals surface area contributed by atoms with E-state index < -0.39 is 10.8 Å². The molecule has 0 aliphatic carbocycles. The maximum Gasteiger partial charge on any atom is 0.292 e. The van der Waals surface area contributed by atoms with Crippen LogP contribution in [-0.4, -0.2) is 10.8 Å². The number of nitrogens with one attached hydrogen (secondary N) is 1. The van der Waals surface area contributed by atoms with Crippen LogP contribution in [0.15, 0.2) is 65.1 Å². The number of carbonyl (C=O) groups excluding carboxylic acids is 1. The maximum atomic E-state index is 12.0. The lowest BCUT2D eigenvalue weighted by atomic mass is 10.2. The molecule has 0 spiro atoms. The highest BCUT2D eigenvalue weighted by molar-refractivity contribution is 6.43. The molecule has 0 radical (unpaired) electrons. The van der Waals surface area contributed by atoms with Gasteiger partial charge in [0.1, 0.15) is 17.2 Å². The van der Waals surface area contributed by atoms with Gasteiger partial charge in [-0.1, -0.05) is 41.4 Å². The molecule has 1 aromatic heterocycles. The van der Waals surface area contributed by atoms with E-state index in [1.165, 1.54) is 30.4 Å². The third-order valence-corrected chi connectivity index (χ3v) is 4.42. The van der Waals surface area contributed by atoms with E-state index in [0.29, 0.717) is 27.1 Å². The Balaban J connectivity index is 1.74. The van der Waals surface area contributed by atoms with Gasteiger partial charge in [-0.05, 0) is 36.4 Å². The molecular formula is C19H12Cl2N2O4. The molecule has 1 amide bonds. The summed E-state index contributed by atoms with van der Waals surface area (Å²) >= 11 is 12.2. The van der Waals surface area contributed by atoms with Gasteiger partial charge in [-0.3, -0.25) is 14.9 Å². The Labute approximate surface area is 164 Å². The quantitative estimate of drug-likeness (QED) is 0.331. The van der Waals surface area contributed by atoms with Gasteiger partial charge in [0.15, 0.2) is 0 Å². The van der Waals surface area contributed by atoms with Gasteiger partial charge in [0.05, 0.1) is 15.0 Å². The van der Waals surface area contributed by atoms with Gasteiger partial charge in [0.25, 0.3) is 5.69 Å². The van der Waals surface area contributed by atoms with Crippen LogP contribution >= 0.6 is 23.2 Å². The average molecular weight is 403 g/mol. The van der Waals surface area contributed by atoms with E-state index >= 15 is 0 Å². The summed E-state index contributed by atoms with van der Waals surface area (Å²) in [6, 6.07) is 14.4. The van der Waals surface area contributed by atoms with Crippen LogP contribution in [0.25, 0.3) is 17.4 Å². The van der Waals surface area contributed by atoms with Crippen LogP contribution in [-0.2, 0) is 4.79 Å². The van der Waals surface area contributed by atoms with Crippen molar-refractivity contribution in [3.63, 3.8) is 0 Å². The first-order chi connectivity index (χ1) is 13.0. The number of carbonyl (C=O) groups is 1. The van der Waals surface area contributed by atoms with Crippen molar-refractivity contribution >= 4 is 46.6 Å². The molecule has 0 saturated carbocycles. The Morgan fingerprint density at radius 2 is 1.85 bits per heavy atom. The van der Waals surface area contributed by atoms with Crippen LogP contribution < -0.4 is 5.32 Å². The smallest absolute Gasteiger partial charge is 0.292 e. The fraction of sp³-hybridized carbons (Fsp3) is 0. The summed E-state index contributed by atoms with van der Waals surface area (Å²) in [7, 11) is 0. The normalized spacial score (nSPS) is 10.9. The summed E-state index contributed by atoms with van der Waals surface area (Å²) in [5.74, 6) is 0.392. The Hall–Kier alpha value is -3.09. The molecule has 0 saturated heterocycles. The number of halogens is 2. The first kappa shape index (κ1) is 18.7. The van der Waals surface area contributed by atoms with Crippen molar-refractivity contribution in [3.05, 3.63) is 86.6 Å². The van der Waals surface area contributed by atoms with Crippen LogP contribution in [0.2, 0.25) is 10.0 Å². The SMILES string of the molecule is O=C(C=Cc1ccc(-c2cccc(Cl)c2Cl)o1)Nc1ccccc1[N+](=O)[O-]. The zero-order valence-electron chi connectivity index (χ0n) is 13.7. The van der Waals surface area contributed by atoms with E-state index in [4.69, 9.17) is 27.6 Å². The molecule has 0 fully saturated rings. The van der Waals surface area contributed by atoms with Gasteiger partial charge in [-0.15, -0.1) is 0 Å². The second-order valence-electron chi connectivity index (χ2n) is 5.40. The monoisotopic (exact) mass is 402 g/mol. The predicted molar refractivity (Wildman–Crippen MR) is 105 cm³/mol. The molecule has 6 nitrogen and oxygen atoms in total. The highest BCUT2D eigenvalue weighted by Crippen LogP contribution is 2.34. The van der Waals surface area contributed by atoms with E-state index in [1.807, 2.05) is 0 Å². The summed E-state index contributed by atoms with van der Waals surface area (Å²) in [5.41, 5.74) is 0.561. The molecule has 0 aliphatic rings. The van der Waals surface area contributed by atoms with Gasteiger partial charge in [0.2, 0.25) is 5.91 Å². The number of amides is 1. The summed E-state index contributed by atoms with van der Waals surface area (Å²) in [5, 5.41) is 14.2. The van der Waals surface area contributed by atoms with Crippen LogP contribution in [0.4, 0.5) is 11.4 Å². The second-order valence-corrected chi connectivity index (χ2v) is 6.19. The Bertz CT molecular complexity index is 1040. The van der Waals surface area contributed by atoms with Crippen molar-refractivity contribution in [2.75, 3.05) is 5.32 Å².